The normalized spacial score (nSPS) is 17.1. The second-order valence-electron chi connectivity index (χ2n) is 9.49. The Balaban J connectivity index is 1.16. The molecule has 1 atom stereocenters. The van der Waals surface area contributed by atoms with Gasteiger partial charge in [0.15, 0.2) is 0 Å². The molecule has 0 bridgehead atoms. The van der Waals surface area contributed by atoms with E-state index < -0.39 is 6.10 Å². The minimum atomic E-state index is -0.495. The number of anilines is 1. The Bertz CT molecular complexity index is 1170. The third-order valence-electron chi connectivity index (χ3n) is 7.15. The summed E-state index contributed by atoms with van der Waals surface area (Å²) in [5, 5.41) is 15.5. The number of para-hydroxylation sites is 1. The van der Waals surface area contributed by atoms with Gasteiger partial charge in [0.05, 0.1) is 18.7 Å². The Hall–Kier alpha value is -3.16. The smallest absolute Gasteiger partial charge is 0.253 e. The lowest BCUT2D eigenvalue weighted by molar-refractivity contribution is 0.0547. The number of carbonyl (C=O) groups excluding carboxylic acids is 1. The van der Waals surface area contributed by atoms with Crippen LogP contribution >= 0.6 is 0 Å². The van der Waals surface area contributed by atoms with E-state index in [0.29, 0.717) is 31.7 Å². The van der Waals surface area contributed by atoms with E-state index in [1.165, 1.54) is 24.1 Å². The molecule has 184 valence electrons. The molecule has 7 nitrogen and oxygen atoms in total. The van der Waals surface area contributed by atoms with Crippen LogP contribution in [0.4, 0.5) is 5.69 Å². The van der Waals surface area contributed by atoms with Gasteiger partial charge in [-0.15, -0.1) is 0 Å². The molecule has 0 saturated carbocycles. The molecule has 0 spiro atoms. The lowest BCUT2D eigenvalue weighted by Crippen LogP contribution is -2.51. The number of β-amino-alcohol motifs (C(OH)–C–C–N with tert-alkyl or cyclic N) is 1. The van der Waals surface area contributed by atoms with Crippen LogP contribution in [-0.2, 0) is 12.8 Å². The first-order chi connectivity index (χ1) is 17.1. The Labute approximate surface area is 206 Å². The summed E-state index contributed by atoms with van der Waals surface area (Å²) in [6, 6.07) is 15.5. The van der Waals surface area contributed by atoms with Crippen molar-refractivity contribution in [1.29, 1.82) is 0 Å². The van der Waals surface area contributed by atoms with Gasteiger partial charge in [-0.1, -0.05) is 18.2 Å². The number of ether oxygens (including phenoxy) is 1. The zero-order valence-electron chi connectivity index (χ0n) is 20.4. The Morgan fingerprint density at radius 1 is 1.06 bits per heavy atom. The third-order valence-corrected chi connectivity index (χ3v) is 7.15. The van der Waals surface area contributed by atoms with Gasteiger partial charge < -0.3 is 20.1 Å². The number of amides is 1. The van der Waals surface area contributed by atoms with Crippen molar-refractivity contribution in [2.24, 2.45) is 0 Å². The van der Waals surface area contributed by atoms with Crippen LogP contribution in [0.15, 0.2) is 48.5 Å². The number of nitrogens with zero attached hydrogens (tertiary/aromatic N) is 3. The summed E-state index contributed by atoms with van der Waals surface area (Å²) in [5.41, 5.74) is 5.34. The molecule has 1 unspecified atom stereocenters. The van der Waals surface area contributed by atoms with E-state index in [2.05, 4.69) is 22.3 Å². The van der Waals surface area contributed by atoms with Crippen LogP contribution in [0.1, 0.15) is 34.5 Å². The number of aliphatic hydroxyl groups excluding tert-OH is 1. The van der Waals surface area contributed by atoms with Crippen molar-refractivity contribution < 1.29 is 14.6 Å². The van der Waals surface area contributed by atoms with Crippen LogP contribution in [0.25, 0.3) is 10.9 Å². The molecule has 35 heavy (non-hydrogen) atoms. The highest BCUT2D eigenvalue weighted by Gasteiger charge is 2.24. The highest BCUT2D eigenvalue weighted by Crippen LogP contribution is 2.33. The fourth-order valence-electron chi connectivity index (χ4n) is 5.21. The summed E-state index contributed by atoms with van der Waals surface area (Å²) < 4.78 is 5.18. The minimum absolute atomic E-state index is 0.0452. The van der Waals surface area contributed by atoms with Crippen molar-refractivity contribution in [1.82, 2.24) is 14.8 Å². The SMILES string of the molecule is COc1ccc(C(=O)N2CCN(CC(O)CNc3c4c(nc5ccccc35)CCCC4)CC2)cc1. The molecule has 1 aliphatic heterocycles. The molecular weight excluding hydrogens is 440 g/mol. The Kier molecular flexibility index (Phi) is 7.16. The van der Waals surface area contributed by atoms with Crippen molar-refractivity contribution >= 4 is 22.5 Å². The molecular formula is C28H34N4O3. The number of methoxy groups -OCH3 is 1. The number of hydrogen-bond acceptors (Lipinski definition) is 6. The van der Waals surface area contributed by atoms with Gasteiger partial charge in [0, 0.05) is 61.6 Å². The van der Waals surface area contributed by atoms with Gasteiger partial charge in [-0.2, -0.15) is 0 Å². The Morgan fingerprint density at radius 2 is 1.80 bits per heavy atom. The number of aromatic nitrogens is 1. The largest absolute Gasteiger partial charge is 0.497 e. The average molecular weight is 475 g/mol. The third kappa shape index (κ3) is 5.26. The molecule has 2 aromatic carbocycles. The second-order valence-corrected chi connectivity index (χ2v) is 9.49. The molecule has 1 aliphatic carbocycles. The minimum Gasteiger partial charge on any atom is -0.497 e. The van der Waals surface area contributed by atoms with Crippen molar-refractivity contribution in [2.45, 2.75) is 31.8 Å². The summed E-state index contributed by atoms with van der Waals surface area (Å²) in [4.78, 5) is 21.8. The van der Waals surface area contributed by atoms with E-state index in [4.69, 9.17) is 9.72 Å². The zero-order valence-corrected chi connectivity index (χ0v) is 20.4. The number of hydrogen-bond donors (Lipinski definition) is 2. The molecule has 2 N–H and O–H groups in total. The van der Waals surface area contributed by atoms with Gasteiger partial charge in [-0.3, -0.25) is 14.7 Å². The van der Waals surface area contributed by atoms with E-state index in [1.807, 2.05) is 41.3 Å². The van der Waals surface area contributed by atoms with Crippen LogP contribution in [0, 0.1) is 0 Å². The molecule has 1 fully saturated rings. The lowest BCUT2D eigenvalue weighted by atomic mass is 9.92. The van der Waals surface area contributed by atoms with E-state index in [1.54, 1.807) is 7.11 Å². The number of benzene rings is 2. The van der Waals surface area contributed by atoms with E-state index in [-0.39, 0.29) is 5.91 Å². The lowest BCUT2D eigenvalue weighted by Gasteiger charge is -2.35. The first kappa shape index (κ1) is 23.6. The first-order valence-electron chi connectivity index (χ1n) is 12.6. The quantitative estimate of drug-likeness (QED) is 0.547. The van der Waals surface area contributed by atoms with Crippen molar-refractivity contribution in [2.75, 3.05) is 51.7 Å². The molecule has 2 heterocycles. The topological polar surface area (TPSA) is 77.9 Å². The number of pyridine rings is 1. The number of fused-ring (bicyclic) bond motifs is 2. The fourth-order valence-corrected chi connectivity index (χ4v) is 5.21. The van der Waals surface area contributed by atoms with E-state index in [0.717, 1.165) is 48.3 Å². The van der Waals surface area contributed by atoms with Gasteiger partial charge in [-0.25, -0.2) is 0 Å². The van der Waals surface area contributed by atoms with Gasteiger partial charge in [0.1, 0.15) is 5.75 Å². The van der Waals surface area contributed by atoms with Crippen LogP contribution in [0.2, 0.25) is 0 Å². The van der Waals surface area contributed by atoms with Crippen LogP contribution in [0.5, 0.6) is 5.75 Å². The predicted octanol–water partition coefficient (Wildman–Crippen LogP) is 3.35. The average Bonchev–Trinajstić information content (AvgIpc) is 2.91. The van der Waals surface area contributed by atoms with E-state index >= 15 is 0 Å². The van der Waals surface area contributed by atoms with Crippen LogP contribution < -0.4 is 10.1 Å². The van der Waals surface area contributed by atoms with Crippen molar-refractivity contribution in [3.05, 3.63) is 65.4 Å². The second kappa shape index (κ2) is 10.6. The van der Waals surface area contributed by atoms with Gasteiger partial charge in [0.25, 0.3) is 5.91 Å². The maximum atomic E-state index is 12.8. The maximum Gasteiger partial charge on any atom is 0.253 e. The maximum absolute atomic E-state index is 12.8. The first-order valence-corrected chi connectivity index (χ1v) is 12.6. The van der Waals surface area contributed by atoms with Gasteiger partial charge in [0.2, 0.25) is 0 Å². The molecule has 3 aromatic rings. The molecule has 0 radical (unpaired) electrons. The number of aliphatic hydroxyl groups is 1. The summed E-state index contributed by atoms with van der Waals surface area (Å²) in [5.74, 6) is 0.790. The number of carbonyl (C=O) groups is 1. The number of nitrogens with one attached hydrogen (secondary N) is 1. The monoisotopic (exact) mass is 474 g/mol. The molecule has 5 rings (SSSR count). The highest BCUT2D eigenvalue weighted by molar-refractivity contribution is 5.94. The fraction of sp³-hybridized carbons (Fsp3) is 0.429. The number of aryl methyl sites for hydroxylation is 1. The molecule has 1 amide bonds. The highest BCUT2D eigenvalue weighted by atomic mass is 16.5. The summed E-state index contributed by atoms with van der Waals surface area (Å²) in [7, 11) is 1.62. The number of rotatable bonds is 7. The standard InChI is InChI=1S/C28H34N4O3/c1-35-22-12-10-20(11-13-22)28(34)32-16-14-31(15-17-32)19-21(33)18-29-27-23-6-2-4-8-25(23)30-26-9-5-3-7-24(26)27/h2,4,6,8,10-13,21,33H,3,5,7,9,14-19H2,1H3,(H,29,30). The predicted molar refractivity (Wildman–Crippen MR) is 138 cm³/mol. The molecule has 1 saturated heterocycles. The summed E-state index contributed by atoms with van der Waals surface area (Å²) in [6.45, 7) is 3.91. The van der Waals surface area contributed by atoms with Crippen LogP contribution in [0.3, 0.4) is 0 Å². The number of piperazine rings is 1. The Morgan fingerprint density at radius 3 is 2.57 bits per heavy atom. The van der Waals surface area contributed by atoms with Gasteiger partial charge in [-0.05, 0) is 61.6 Å². The molecule has 2 aliphatic rings. The summed E-state index contributed by atoms with van der Waals surface area (Å²) in [6.07, 6.45) is 3.94. The van der Waals surface area contributed by atoms with Gasteiger partial charge >= 0.3 is 0 Å². The zero-order chi connectivity index (χ0) is 24.2. The van der Waals surface area contributed by atoms with Crippen molar-refractivity contribution in [3.63, 3.8) is 0 Å². The van der Waals surface area contributed by atoms with E-state index in [9.17, 15) is 9.90 Å². The van der Waals surface area contributed by atoms with Crippen molar-refractivity contribution in [3.8, 4) is 5.75 Å². The molecule has 7 heteroatoms. The molecule has 1 aromatic heterocycles. The van der Waals surface area contributed by atoms with Crippen LogP contribution in [-0.4, -0.2) is 78.3 Å². The summed E-state index contributed by atoms with van der Waals surface area (Å²) >= 11 is 0.